The van der Waals surface area contributed by atoms with Gasteiger partial charge in [-0.1, -0.05) is 47.7 Å². The second-order valence-electron chi connectivity index (χ2n) is 9.54. The van der Waals surface area contributed by atoms with Crippen LogP contribution in [0.2, 0.25) is 0 Å². The fraction of sp³-hybridized carbons (Fsp3) is 0.375. The average Bonchev–Trinajstić information content (AvgIpc) is 3.15. The molecule has 1 aromatic heterocycles. The highest BCUT2D eigenvalue weighted by atomic mass is 16.1. The highest BCUT2D eigenvalue weighted by Gasteiger charge is 2.47. The van der Waals surface area contributed by atoms with Crippen molar-refractivity contribution in [2.45, 2.75) is 57.9 Å². The number of nitrogens with zero attached hydrogens (tertiary/aromatic N) is 3. The Morgan fingerprint density at radius 3 is 2.50 bits per heavy atom. The van der Waals surface area contributed by atoms with Gasteiger partial charge in [0.2, 0.25) is 0 Å². The lowest BCUT2D eigenvalue weighted by Gasteiger charge is -2.25. The van der Waals surface area contributed by atoms with Crippen molar-refractivity contribution in [3.05, 3.63) is 59.2 Å². The first-order chi connectivity index (χ1) is 13.2. The smallest absolute Gasteiger partial charge is 0.150 e. The van der Waals surface area contributed by atoms with E-state index in [0.29, 0.717) is 5.78 Å². The highest BCUT2D eigenvalue weighted by molar-refractivity contribution is 6.03. The van der Waals surface area contributed by atoms with Crippen molar-refractivity contribution in [1.29, 1.82) is 0 Å². The van der Waals surface area contributed by atoms with Gasteiger partial charge in [-0.2, -0.15) is 0 Å². The van der Waals surface area contributed by atoms with Gasteiger partial charge in [0.1, 0.15) is 5.69 Å². The molecule has 0 saturated carbocycles. The lowest BCUT2D eigenvalue weighted by molar-refractivity contribution is -0.123. The molecule has 0 fully saturated rings. The molecule has 5 rings (SSSR count). The van der Waals surface area contributed by atoms with E-state index in [1.807, 2.05) is 4.68 Å². The fourth-order valence-electron chi connectivity index (χ4n) is 4.91. The van der Waals surface area contributed by atoms with Gasteiger partial charge in [0, 0.05) is 22.5 Å². The summed E-state index contributed by atoms with van der Waals surface area (Å²) in [6.07, 6.45) is 0.719. The van der Waals surface area contributed by atoms with Crippen molar-refractivity contribution >= 4 is 5.78 Å². The van der Waals surface area contributed by atoms with Crippen LogP contribution in [0.15, 0.2) is 42.5 Å². The van der Waals surface area contributed by atoms with Crippen molar-refractivity contribution in [1.82, 2.24) is 15.0 Å². The van der Waals surface area contributed by atoms with E-state index in [-0.39, 0.29) is 11.5 Å². The van der Waals surface area contributed by atoms with Gasteiger partial charge in [-0.3, -0.25) is 4.79 Å². The largest absolute Gasteiger partial charge is 0.298 e. The monoisotopic (exact) mass is 371 g/mol. The van der Waals surface area contributed by atoms with Crippen molar-refractivity contribution in [3.8, 4) is 22.5 Å². The summed E-state index contributed by atoms with van der Waals surface area (Å²) < 4.78 is 2.03. The summed E-state index contributed by atoms with van der Waals surface area (Å²) in [7, 11) is 0. The minimum absolute atomic E-state index is 0.129. The Morgan fingerprint density at radius 2 is 1.75 bits per heavy atom. The van der Waals surface area contributed by atoms with Crippen LogP contribution in [0.5, 0.6) is 0 Å². The van der Waals surface area contributed by atoms with Crippen LogP contribution < -0.4 is 0 Å². The lowest BCUT2D eigenvalue weighted by Crippen LogP contribution is -2.27. The number of hydrogen-bond acceptors (Lipinski definition) is 3. The maximum Gasteiger partial charge on any atom is 0.150 e. The topological polar surface area (TPSA) is 47.8 Å². The Labute approximate surface area is 165 Å². The van der Waals surface area contributed by atoms with E-state index in [1.54, 1.807) is 0 Å². The minimum atomic E-state index is -0.477. The number of aromatic nitrogens is 3. The standard InChI is InChI=1S/C24H25N3O/c1-23(2,3)27-21-15-10-7-6-9-14(15)13-17-19-16(20(21)25-26-27)11-8-12-18(19)24(4,5)22(17)28/h6-12,17H,13H2,1-5H3. The molecule has 0 amide bonds. The highest BCUT2D eigenvalue weighted by Crippen LogP contribution is 2.51. The molecule has 2 aromatic carbocycles. The number of ketones is 1. The number of fused-ring (bicyclic) bond motifs is 4. The summed E-state index contributed by atoms with van der Waals surface area (Å²) in [6.45, 7) is 10.5. The van der Waals surface area contributed by atoms with E-state index in [4.69, 9.17) is 0 Å². The van der Waals surface area contributed by atoms with Gasteiger partial charge >= 0.3 is 0 Å². The average molecular weight is 371 g/mol. The third kappa shape index (κ3) is 2.15. The molecule has 4 heteroatoms. The Hall–Kier alpha value is -2.75. The van der Waals surface area contributed by atoms with Crippen LogP contribution >= 0.6 is 0 Å². The number of Topliss-reactive ketones (excluding diaryl/α,β-unsaturated/α-hetero) is 1. The zero-order valence-corrected chi connectivity index (χ0v) is 17.1. The van der Waals surface area contributed by atoms with Crippen LogP contribution in [0.25, 0.3) is 22.5 Å². The van der Waals surface area contributed by atoms with Gasteiger partial charge in [0.25, 0.3) is 0 Å². The molecular formula is C24H25N3O. The van der Waals surface area contributed by atoms with E-state index >= 15 is 0 Å². The number of rotatable bonds is 0. The molecule has 0 aliphatic heterocycles. The quantitative estimate of drug-likeness (QED) is 0.566. The molecule has 142 valence electrons. The first kappa shape index (κ1) is 17.4. The van der Waals surface area contributed by atoms with Gasteiger partial charge in [0.05, 0.1) is 11.2 Å². The third-order valence-electron chi connectivity index (χ3n) is 6.32. The molecule has 0 bridgehead atoms. The van der Waals surface area contributed by atoms with Crippen LogP contribution in [-0.4, -0.2) is 20.8 Å². The van der Waals surface area contributed by atoms with Gasteiger partial charge in [-0.15, -0.1) is 5.10 Å². The van der Waals surface area contributed by atoms with E-state index in [0.717, 1.165) is 40.1 Å². The van der Waals surface area contributed by atoms with Crippen LogP contribution in [0.1, 0.15) is 57.2 Å². The van der Waals surface area contributed by atoms with Crippen molar-refractivity contribution in [2.75, 3.05) is 0 Å². The fourth-order valence-corrected chi connectivity index (χ4v) is 4.91. The molecule has 1 unspecified atom stereocenters. The minimum Gasteiger partial charge on any atom is -0.298 e. The SMILES string of the molecule is CC1(C)C(=O)C2Cc3ccccc3-c3c(nnn3C(C)(C)C)-c3cccc1c32. The van der Waals surface area contributed by atoms with E-state index in [2.05, 4.69) is 87.4 Å². The number of hydrogen-bond donors (Lipinski definition) is 0. The predicted molar refractivity (Wildman–Crippen MR) is 110 cm³/mol. The van der Waals surface area contributed by atoms with Gasteiger partial charge < -0.3 is 0 Å². The maximum absolute atomic E-state index is 13.4. The van der Waals surface area contributed by atoms with Crippen molar-refractivity contribution < 1.29 is 4.79 Å². The zero-order valence-electron chi connectivity index (χ0n) is 17.1. The van der Waals surface area contributed by atoms with Crippen molar-refractivity contribution in [2.24, 2.45) is 0 Å². The summed E-state index contributed by atoms with van der Waals surface area (Å²) in [4.78, 5) is 13.4. The predicted octanol–water partition coefficient (Wildman–Crippen LogP) is 4.87. The molecule has 1 heterocycles. The number of carbonyl (C=O) groups excluding carboxylic acids is 1. The van der Waals surface area contributed by atoms with Crippen LogP contribution in [0.3, 0.4) is 0 Å². The molecule has 2 aliphatic rings. The Morgan fingerprint density at radius 1 is 1.04 bits per heavy atom. The lowest BCUT2D eigenvalue weighted by atomic mass is 9.82. The van der Waals surface area contributed by atoms with Crippen LogP contribution in [0.4, 0.5) is 0 Å². The molecule has 1 atom stereocenters. The molecule has 4 nitrogen and oxygen atoms in total. The number of carbonyl (C=O) groups is 1. The van der Waals surface area contributed by atoms with Gasteiger partial charge in [0.15, 0.2) is 5.78 Å². The molecule has 0 spiro atoms. The maximum atomic E-state index is 13.4. The Balaban J connectivity index is 1.93. The first-order valence-electron chi connectivity index (χ1n) is 9.94. The summed E-state index contributed by atoms with van der Waals surface area (Å²) in [6, 6.07) is 14.7. The molecule has 0 N–H and O–H groups in total. The summed E-state index contributed by atoms with van der Waals surface area (Å²) >= 11 is 0. The normalized spacial score (nSPS) is 19.5. The Kier molecular flexibility index (Phi) is 3.35. The van der Waals surface area contributed by atoms with Gasteiger partial charge in [-0.25, -0.2) is 4.68 Å². The molecule has 2 aliphatic carbocycles. The van der Waals surface area contributed by atoms with Gasteiger partial charge in [-0.05, 0) is 57.7 Å². The van der Waals surface area contributed by atoms with E-state index < -0.39 is 5.41 Å². The molecule has 0 radical (unpaired) electrons. The van der Waals surface area contributed by atoms with Crippen LogP contribution in [-0.2, 0) is 22.2 Å². The van der Waals surface area contributed by atoms with Crippen LogP contribution in [0, 0.1) is 0 Å². The molecule has 28 heavy (non-hydrogen) atoms. The van der Waals surface area contributed by atoms with Crippen molar-refractivity contribution in [3.63, 3.8) is 0 Å². The molecular weight excluding hydrogens is 346 g/mol. The number of benzene rings is 2. The Bertz CT molecular complexity index is 1130. The van der Waals surface area contributed by atoms with E-state index in [9.17, 15) is 4.79 Å². The molecule has 0 saturated heterocycles. The van der Waals surface area contributed by atoms with E-state index in [1.165, 1.54) is 5.56 Å². The summed E-state index contributed by atoms with van der Waals surface area (Å²) in [5.41, 5.74) is 6.92. The second kappa shape index (κ2) is 5.40. The first-order valence-corrected chi connectivity index (χ1v) is 9.94. The second-order valence-corrected chi connectivity index (χ2v) is 9.54. The third-order valence-corrected chi connectivity index (χ3v) is 6.32. The summed E-state index contributed by atoms with van der Waals surface area (Å²) in [5, 5.41) is 9.21. The summed E-state index contributed by atoms with van der Waals surface area (Å²) in [5.74, 6) is 0.173. The molecule has 3 aromatic rings. The zero-order chi connectivity index (χ0) is 19.8.